The quantitative estimate of drug-likeness (QED) is 0.586. The molecule has 0 aliphatic carbocycles. The monoisotopic (exact) mass is 239 g/mol. The van der Waals surface area contributed by atoms with Crippen LogP contribution in [0.3, 0.4) is 0 Å². The van der Waals surface area contributed by atoms with Gasteiger partial charge >= 0.3 is 0 Å². The molecule has 0 aliphatic rings. The first-order valence-corrected chi connectivity index (χ1v) is 5.68. The Hall–Kier alpha value is -1.29. The second-order valence-electron chi connectivity index (χ2n) is 3.45. The average molecular weight is 239 g/mol. The molecule has 0 bridgehead atoms. The van der Waals surface area contributed by atoms with Crippen molar-refractivity contribution in [3.05, 3.63) is 24.3 Å². The van der Waals surface area contributed by atoms with E-state index >= 15 is 0 Å². The minimum absolute atomic E-state index is 0.571. The minimum atomic E-state index is 0.571. The summed E-state index contributed by atoms with van der Waals surface area (Å²) >= 11 is 4.79. The first-order chi connectivity index (χ1) is 7.72. The molecule has 0 atom stereocenters. The minimum Gasteiger partial charge on any atom is -0.497 e. The first kappa shape index (κ1) is 12.8. The second-order valence-corrected chi connectivity index (χ2v) is 3.98. The topological polar surface area (TPSA) is 44.5 Å². The molecule has 2 N–H and O–H groups in total. The van der Waals surface area contributed by atoms with E-state index in [1.165, 1.54) is 0 Å². The predicted molar refractivity (Wildman–Crippen MR) is 69.1 cm³/mol. The highest BCUT2D eigenvalue weighted by atomic mass is 32.1. The fourth-order valence-corrected chi connectivity index (χ4v) is 1.43. The van der Waals surface area contributed by atoms with Gasteiger partial charge in [-0.05, 0) is 31.4 Å². The lowest BCUT2D eigenvalue weighted by atomic mass is 10.2. The van der Waals surface area contributed by atoms with E-state index in [1.807, 2.05) is 24.3 Å². The number of ether oxygens (including phenoxy) is 2. The smallest absolute Gasteiger partial charge is 0.122 e. The van der Waals surface area contributed by atoms with Gasteiger partial charge in [-0.2, -0.15) is 0 Å². The zero-order valence-corrected chi connectivity index (χ0v) is 10.3. The SMILES string of the molecule is COc1cccc(OCCCCC(N)=S)c1. The summed E-state index contributed by atoms with van der Waals surface area (Å²) in [5.74, 6) is 1.63. The van der Waals surface area contributed by atoms with Crippen LogP contribution in [-0.2, 0) is 0 Å². The average Bonchev–Trinajstić information content (AvgIpc) is 2.28. The van der Waals surface area contributed by atoms with E-state index in [0.717, 1.165) is 30.8 Å². The maximum absolute atomic E-state index is 5.57. The summed E-state index contributed by atoms with van der Waals surface area (Å²) in [6, 6.07) is 7.58. The fourth-order valence-electron chi connectivity index (χ4n) is 1.28. The van der Waals surface area contributed by atoms with Crippen molar-refractivity contribution in [2.24, 2.45) is 5.73 Å². The molecule has 0 radical (unpaired) electrons. The molecule has 0 aliphatic heterocycles. The number of methoxy groups -OCH3 is 1. The van der Waals surface area contributed by atoms with Gasteiger partial charge in [0.25, 0.3) is 0 Å². The molecule has 0 saturated heterocycles. The molecular formula is C12H17NO2S. The van der Waals surface area contributed by atoms with Gasteiger partial charge in [0.05, 0.1) is 18.7 Å². The van der Waals surface area contributed by atoms with Gasteiger partial charge in [-0.3, -0.25) is 0 Å². The van der Waals surface area contributed by atoms with Crippen LogP contribution in [0.5, 0.6) is 11.5 Å². The summed E-state index contributed by atoms with van der Waals surface area (Å²) in [6.07, 6.45) is 2.71. The Morgan fingerprint density at radius 2 is 2.06 bits per heavy atom. The molecule has 0 saturated carbocycles. The van der Waals surface area contributed by atoms with Crippen LogP contribution in [0.25, 0.3) is 0 Å². The molecule has 4 heteroatoms. The van der Waals surface area contributed by atoms with Crippen molar-refractivity contribution in [2.45, 2.75) is 19.3 Å². The van der Waals surface area contributed by atoms with Gasteiger partial charge in [0.1, 0.15) is 11.5 Å². The Morgan fingerprint density at radius 1 is 1.31 bits per heavy atom. The molecule has 0 unspecified atom stereocenters. The summed E-state index contributed by atoms with van der Waals surface area (Å²) < 4.78 is 10.7. The Balaban J connectivity index is 2.23. The summed E-state index contributed by atoms with van der Waals surface area (Å²) in [6.45, 7) is 0.676. The molecule has 0 fully saturated rings. The molecule has 1 aromatic rings. The molecule has 1 rings (SSSR count). The van der Waals surface area contributed by atoms with Gasteiger partial charge in [-0.15, -0.1) is 0 Å². The standard InChI is InChI=1S/C12H17NO2S/c1-14-10-5-4-6-11(9-10)15-8-3-2-7-12(13)16/h4-6,9H,2-3,7-8H2,1H3,(H2,13,16). The molecular weight excluding hydrogens is 222 g/mol. The van der Waals surface area contributed by atoms with Crippen molar-refractivity contribution in [1.29, 1.82) is 0 Å². The highest BCUT2D eigenvalue weighted by Crippen LogP contribution is 2.18. The van der Waals surface area contributed by atoms with E-state index in [0.29, 0.717) is 11.6 Å². The normalized spacial score (nSPS) is 9.81. The number of hydrogen-bond donors (Lipinski definition) is 1. The van der Waals surface area contributed by atoms with E-state index < -0.39 is 0 Å². The largest absolute Gasteiger partial charge is 0.497 e. The molecule has 0 heterocycles. The number of unbranched alkanes of at least 4 members (excludes halogenated alkanes) is 1. The first-order valence-electron chi connectivity index (χ1n) is 5.27. The van der Waals surface area contributed by atoms with Crippen LogP contribution >= 0.6 is 12.2 Å². The lowest BCUT2D eigenvalue weighted by Crippen LogP contribution is -2.07. The fraction of sp³-hybridized carbons (Fsp3) is 0.417. The van der Waals surface area contributed by atoms with Gasteiger partial charge in [0, 0.05) is 6.07 Å². The van der Waals surface area contributed by atoms with Crippen LogP contribution in [0, 0.1) is 0 Å². The Kier molecular flexibility index (Phi) is 5.64. The summed E-state index contributed by atoms with van der Waals surface area (Å²) in [5.41, 5.74) is 5.40. The highest BCUT2D eigenvalue weighted by molar-refractivity contribution is 7.80. The number of thiocarbonyl (C=S) groups is 1. The van der Waals surface area contributed by atoms with Crippen molar-refractivity contribution < 1.29 is 9.47 Å². The molecule has 3 nitrogen and oxygen atoms in total. The lowest BCUT2D eigenvalue weighted by Gasteiger charge is -2.07. The van der Waals surface area contributed by atoms with Crippen molar-refractivity contribution in [2.75, 3.05) is 13.7 Å². The Bertz CT molecular complexity index is 342. The molecule has 0 aromatic heterocycles. The van der Waals surface area contributed by atoms with Gasteiger partial charge in [0.15, 0.2) is 0 Å². The summed E-state index contributed by atoms with van der Waals surface area (Å²) in [5, 5.41) is 0. The van der Waals surface area contributed by atoms with Crippen LogP contribution in [-0.4, -0.2) is 18.7 Å². The third-order valence-electron chi connectivity index (χ3n) is 2.13. The molecule has 0 amide bonds. The number of benzene rings is 1. The molecule has 0 spiro atoms. The van der Waals surface area contributed by atoms with E-state index in [-0.39, 0.29) is 0 Å². The summed E-state index contributed by atoms with van der Waals surface area (Å²) in [7, 11) is 1.64. The molecule has 1 aromatic carbocycles. The van der Waals surface area contributed by atoms with Crippen LogP contribution < -0.4 is 15.2 Å². The van der Waals surface area contributed by atoms with Gasteiger partial charge < -0.3 is 15.2 Å². The van der Waals surface area contributed by atoms with Gasteiger partial charge in [-0.1, -0.05) is 18.3 Å². The molecule has 88 valence electrons. The van der Waals surface area contributed by atoms with E-state index in [1.54, 1.807) is 7.11 Å². The van der Waals surface area contributed by atoms with Crippen LogP contribution in [0.2, 0.25) is 0 Å². The zero-order valence-electron chi connectivity index (χ0n) is 9.44. The second kappa shape index (κ2) is 7.06. The third-order valence-corrected chi connectivity index (χ3v) is 2.33. The Morgan fingerprint density at radius 3 is 2.75 bits per heavy atom. The van der Waals surface area contributed by atoms with Crippen molar-refractivity contribution >= 4 is 17.2 Å². The van der Waals surface area contributed by atoms with Crippen molar-refractivity contribution in [1.82, 2.24) is 0 Å². The van der Waals surface area contributed by atoms with Crippen LogP contribution in [0.1, 0.15) is 19.3 Å². The Labute approximate surface area is 102 Å². The number of rotatable bonds is 7. The third kappa shape index (κ3) is 4.98. The van der Waals surface area contributed by atoms with Gasteiger partial charge in [0.2, 0.25) is 0 Å². The number of nitrogens with two attached hydrogens (primary N) is 1. The number of hydrogen-bond acceptors (Lipinski definition) is 3. The predicted octanol–water partition coefficient (Wildman–Crippen LogP) is 2.53. The zero-order chi connectivity index (χ0) is 11.8. The van der Waals surface area contributed by atoms with Crippen molar-refractivity contribution in [3.63, 3.8) is 0 Å². The highest BCUT2D eigenvalue weighted by Gasteiger charge is 1.97. The van der Waals surface area contributed by atoms with Crippen molar-refractivity contribution in [3.8, 4) is 11.5 Å². The van der Waals surface area contributed by atoms with E-state index in [4.69, 9.17) is 27.4 Å². The van der Waals surface area contributed by atoms with E-state index in [2.05, 4.69) is 0 Å². The van der Waals surface area contributed by atoms with Crippen LogP contribution in [0.4, 0.5) is 0 Å². The maximum atomic E-state index is 5.57. The van der Waals surface area contributed by atoms with Gasteiger partial charge in [-0.25, -0.2) is 0 Å². The van der Waals surface area contributed by atoms with Crippen LogP contribution in [0.15, 0.2) is 24.3 Å². The maximum Gasteiger partial charge on any atom is 0.122 e. The summed E-state index contributed by atoms with van der Waals surface area (Å²) in [4.78, 5) is 0.571. The lowest BCUT2D eigenvalue weighted by molar-refractivity contribution is 0.305. The molecule has 16 heavy (non-hydrogen) atoms. The van der Waals surface area contributed by atoms with E-state index in [9.17, 15) is 0 Å².